The van der Waals surface area contributed by atoms with Gasteiger partial charge in [-0.15, -0.1) is 11.3 Å². The molecule has 0 aromatic carbocycles. The highest BCUT2D eigenvalue weighted by Crippen LogP contribution is 2.51. The predicted octanol–water partition coefficient (Wildman–Crippen LogP) is 1.50. The average molecular weight is 254 g/mol. The van der Waals surface area contributed by atoms with Gasteiger partial charge in [0.05, 0.1) is 6.54 Å². The van der Waals surface area contributed by atoms with Crippen LogP contribution in [0.15, 0.2) is 5.38 Å². The molecule has 1 aliphatic carbocycles. The summed E-state index contributed by atoms with van der Waals surface area (Å²) in [7, 11) is 0. The second-order valence-corrected chi connectivity index (χ2v) is 5.84. The Kier molecular flexibility index (Phi) is 2.91. The maximum Gasteiger partial charge on any atom is 0.355 e. The van der Waals surface area contributed by atoms with Crippen molar-refractivity contribution in [3.8, 4) is 0 Å². The average Bonchev–Trinajstić information content (AvgIpc) is 2.71. The molecule has 0 saturated heterocycles. The number of thiazole rings is 1. The Morgan fingerprint density at radius 1 is 1.65 bits per heavy atom. The minimum atomic E-state index is -1.04. The summed E-state index contributed by atoms with van der Waals surface area (Å²) >= 11 is 1.25. The second-order valence-electron chi connectivity index (χ2n) is 4.89. The highest BCUT2D eigenvalue weighted by molar-refractivity contribution is 7.09. The topological polar surface area (TPSA) is 79.3 Å². The second kappa shape index (κ2) is 4.10. The SMILES string of the molecule is CC1(C)CC1C(=O)NCc1nc(C(=O)O)cs1. The molecule has 2 rings (SSSR count). The molecule has 1 fully saturated rings. The Morgan fingerprint density at radius 3 is 2.76 bits per heavy atom. The van der Waals surface area contributed by atoms with Crippen LogP contribution in [0.25, 0.3) is 0 Å². The zero-order chi connectivity index (χ0) is 12.6. The highest BCUT2D eigenvalue weighted by atomic mass is 32.1. The molecule has 1 unspecified atom stereocenters. The number of hydrogen-bond donors (Lipinski definition) is 2. The van der Waals surface area contributed by atoms with E-state index in [9.17, 15) is 9.59 Å². The third kappa shape index (κ3) is 2.63. The molecule has 1 aliphatic rings. The molecule has 1 amide bonds. The lowest BCUT2D eigenvalue weighted by Crippen LogP contribution is -2.26. The number of nitrogens with one attached hydrogen (secondary N) is 1. The number of carbonyl (C=O) groups is 2. The van der Waals surface area contributed by atoms with Gasteiger partial charge >= 0.3 is 5.97 Å². The first-order chi connectivity index (χ1) is 7.90. The predicted molar refractivity (Wildman–Crippen MR) is 62.8 cm³/mol. The Labute approximate surface area is 103 Å². The molecule has 5 nitrogen and oxygen atoms in total. The van der Waals surface area contributed by atoms with Crippen molar-refractivity contribution in [1.29, 1.82) is 0 Å². The normalized spacial score (nSPS) is 20.9. The van der Waals surface area contributed by atoms with Crippen molar-refractivity contribution in [2.75, 3.05) is 0 Å². The molecule has 1 aromatic rings. The number of amides is 1. The minimum Gasteiger partial charge on any atom is -0.476 e. The highest BCUT2D eigenvalue weighted by Gasteiger charge is 2.50. The Bertz CT molecular complexity index is 467. The smallest absolute Gasteiger partial charge is 0.355 e. The van der Waals surface area contributed by atoms with E-state index in [0.717, 1.165) is 6.42 Å². The lowest BCUT2D eigenvalue weighted by atomic mass is 10.1. The number of carboxylic acid groups (broad SMARTS) is 1. The molecule has 0 radical (unpaired) electrons. The van der Waals surface area contributed by atoms with Gasteiger partial charge in [-0.25, -0.2) is 9.78 Å². The van der Waals surface area contributed by atoms with Crippen LogP contribution in [0, 0.1) is 11.3 Å². The Morgan fingerprint density at radius 2 is 2.29 bits per heavy atom. The molecular formula is C11H14N2O3S. The lowest BCUT2D eigenvalue weighted by molar-refractivity contribution is -0.123. The van der Waals surface area contributed by atoms with Gasteiger partial charge in [0.2, 0.25) is 5.91 Å². The van der Waals surface area contributed by atoms with E-state index in [1.807, 2.05) is 0 Å². The van der Waals surface area contributed by atoms with Crippen LogP contribution in [0.3, 0.4) is 0 Å². The van der Waals surface area contributed by atoms with Crippen molar-refractivity contribution in [1.82, 2.24) is 10.3 Å². The van der Waals surface area contributed by atoms with Gasteiger partial charge in [-0.05, 0) is 11.8 Å². The van der Waals surface area contributed by atoms with E-state index in [4.69, 9.17) is 5.11 Å². The van der Waals surface area contributed by atoms with Crippen molar-refractivity contribution < 1.29 is 14.7 Å². The molecule has 0 aliphatic heterocycles. The van der Waals surface area contributed by atoms with Gasteiger partial charge in [0.25, 0.3) is 0 Å². The van der Waals surface area contributed by atoms with E-state index in [1.165, 1.54) is 16.7 Å². The maximum atomic E-state index is 11.7. The van der Waals surface area contributed by atoms with E-state index in [0.29, 0.717) is 11.6 Å². The largest absolute Gasteiger partial charge is 0.476 e. The summed E-state index contributed by atoms with van der Waals surface area (Å²) in [5.74, 6) is -0.925. The van der Waals surface area contributed by atoms with Crippen molar-refractivity contribution in [3.05, 3.63) is 16.1 Å². The molecule has 2 N–H and O–H groups in total. The van der Waals surface area contributed by atoms with E-state index in [2.05, 4.69) is 24.1 Å². The lowest BCUT2D eigenvalue weighted by Gasteiger charge is -2.04. The van der Waals surface area contributed by atoms with Gasteiger partial charge in [-0.2, -0.15) is 0 Å². The minimum absolute atomic E-state index is 0.0297. The first kappa shape index (κ1) is 12.0. The number of carbonyl (C=O) groups excluding carboxylic acids is 1. The Balaban J connectivity index is 1.86. The van der Waals surface area contributed by atoms with Crippen molar-refractivity contribution in [2.45, 2.75) is 26.8 Å². The molecule has 1 saturated carbocycles. The third-order valence-electron chi connectivity index (χ3n) is 3.01. The monoisotopic (exact) mass is 254 g/mol. The number of aromatic carboxylic acids is 1. The summed E-state index contributed by atoms with van der Waals surface area (Å²) in [5.41, 5.74) is 0.144. The van der Waals surface area contributed by atoms with Gasteiger partial charge < -0.3 is 10.4 Å². The fourth-order valence-corrected chi connectivity index (χ4v) is 2.40. The van der Waals surface area contributed by atoms with E-state index in [1.54, 1.807) is 0 Å². The molecule has 17 heavy (non-hydrogen) atoms. The molecule has 0 spiro atoms. The van der Waals surface area contributed by atoms with Gasteiger partial charge in [0.1, 0.15) is 5.01 Å². The zero-order valence-electron chi connectivity index (χ0n) is 9.69. The first-order valence-corrected chi connectivity index (χ1v) is 6.23. The molecule has 0 bridgehead atoms. The van der Waals surface area contributed by atoms with Gasteiger partial charge in [-0.3, -0.25) is 4.79 Å². The molecule has 6 heteroatoms. The molecule has 1 atom stereocenters. The van der Waals surface area contributed by atoms with Gasteiger partial charge in [0.15, 0.2) is 5.69 Å². The zero-order valence-corrected chi connectivity index (χ0v) is 10.5. The van der Waals surface area contributed by atoms with Crippen LogP contribution in [0.5, 0.6) is 0 Å². The van der Waals surface area contributed by atoms with Crippen molar-refractivity contribution in [3.63, 3.8) is 0 Å². The van der Waals surface area contributed by atoms with E-state index < -0.39 is 5.97 Å². The summed E-state index contributed by atoms with van der Waals surface area (Å²) in [6.45, 7) is 4.43. The van der Waals surface area contributed by atoms with Gasteiger partial charge in [-0.1, -0.05) is 13.8 Å². The summed E-state index contributed by atoms with van der Waals surface area (Å²) < 4.78 is 0. The summed E-state index contributed by atoms with van der Waals surface area (Å²) in [6.07, 6.45) is 0.914. The van der Waals surface area contributed by atoms with Crippen LogP contribution in [0.4, 0.5) is 0 Å². The van der Waals surface area contributed by atoms with Crippen LogP contribution in [-0.2, 0) is 11.3 Å². The fourth-order valence-electron chi connectivity index (χ4n) is 1.69. The van der Waals surface area contributed by atoms with E-state index in [-0.39, 0.29) is 22.9 Å². The Hall–Kier alpha value is -1.43. The number of nitrogens with zero attached hydrogens (tertiary/aromatic N) is 1. The van der Waals surface area contributed by atoms with E-state index >= 15 is 0 Å². The summed E-state index contributed by atoms with van der Waals surface area (Å²) in [4.78, 5) is 26.2. The number of rotatable bonds is 4. The van der Waals surface area contributed by atoms with Crippen LogP contribution in [0.1, 0.15) is 35.8 Å². The van der Waals surface area contributed by atoms with Crippen LogP contribution >= 0.6 is 11.3 Å². The van der Waals surface area contributed by atoms with Crippen molar-refractivity contribution >= 4 is 23.2 Å². The third-order valence-corrected chi connectivity index (χ3v) is 3.86. The summed E-state index contributed by atoms with van der Waals surface area (Å²) in [6, 6.07) is 0. The number of hydrogen-bond acceptors (Lipinski definition) is 4. The number of carboxylic acids is 1. The summed E-state index contributed by atoms with van der Waals surface area (Å²) in [5, 5.41) is 13.6. The fraction of sp³-hybridized carbons (Fsp3) is 0.545. The molecule has 1 aromatic heterocycles. The van der Waals surface area contributed by atoms with Crippen LogP contribution < -0.4 is 5.32 Å². The quantitative estimate of drug-likeness (QED) is 0.853. The maximum absolute atomic E-state index is 11.7. The van der Waals surface area contributed by atoms with Crippen LogP contribution in [-0.4, -0.2) is 22.0 Å². The van der Waals surface area contributed by atoms with Gasteiger partial charge in [0, 0.05) is 11.3 Å². The molecule has 92 valence electrons. The van der Waals surface area contributed by atoms with Crippen molar-refractivity contribution in [2.24, 2.45) is 11.3 Å². The standard InChI is InChI=1S/C11H14N2O3S/c1-11(2)3-6(11)9(14)12-4-8-13-7(5-17-8)10(15)16/h5-6H,3-4H2,1-2H3,(H,12,14)(H,15,16). The molecular weight excluding hydrogens is 240 g/mol. The first-order valence-electron chi connectivity index (χ1n) is 5.35. The molecule has 1 heterocycles. The van der Waals surface area contributed by atoms with Crippen LogP contribution in [0.2, 0.25) is 0 Å². The number of aromatic nitrogens is 1.